The van der Waals surface area contributed by atoms with E-state index in [4.69, 9.17) is 0 Å². The maximum Gasteiger partial charge on any atom is 0.148 e. The standard InChI is InChI=1S/C11H13F2N3/c12-8-1-9(13)10(15-2-8)3-16-6-11(7-16)4-14-5-11/h1-2,14H,3-7H2. The van der Waals surface area contributed by atoms with Crippen molar-refractivity contribution in [1.29, 1.82) is 0 Å². The molecule has 1 N–H and O–H groups in total. The topological polar surface area (TPSA) is 28.2 Å². The fourth-order valence-electron chi connectivity index (χ4n) is 2.49. The Kier molecular flexibility index (Phi) is 2.19. The number of aromatic nitrogens is 1. The van der Waals surface area contributed by atoms with Gasteiger partial charge in [0.05, 0.1) is 11.9 Å². The minimum Gasteiger partial charge on any atom is -0.315 e. The smallest absolute Gasteiger partial charge is 0.148 e. The lowest BCUT2D eigenvalue weighted by Gasteiger charge is -2.56. The van der Waals surface area contributed by atoms with Gasteiger partial charge in [-0.1, -0.05) is 0 Å². The summed E-state index contributed by atoms with van der Waals surface area (Å²) in [5.74, 6) is -1.17. The fraction of sp³-hybridized carbons (Fsp3) is 0.545. The van der Waals surface area contributed by atoms with Crippen LogP contribution in [0.1, 0.15) is 5.69 Å². The van der Waals surface area contributed by atoms with E-state index in [0.717, 1.165) is 38.4 Å². The Hall–Kier alpha value is -1.07. The molecule has 0 aromatic carbocycles. The van der Waals surface area contributed by atoms with Crippen molar-refractivity contribution < 1.29 is 8.78 Å². The van der Waals surface area contributed by atoms with Crippen molar-refractivity contribution in [1.82, 2.24) is 15.2 Å². The molecule has 5 heteroatoms. The molecule has 1 spiro atoms. The molecule has 0 radical (unpaired) electrons. The van der Waals surface area contributed by atoms with Crippen LogP contribution in [-0.2, 0) is 6.54 Å². The van der Waals surface area contributed by atoms with Crippen LogP contribution in [-0.4, -0.2) is 36.1 Å². The number of hydrogen-bond donors (Lipinski definition) is 1. The minimum absolute atomic E-state index is 0.337. The molecule has 1 aromatic heterocycles. The van der Waals surface area contributed by atoms with Crippen molar-refractivity contribution in [2.45, 2.75) is 6.54 Å². The molecule has 3 rings (SSSR count). The second kappa shape index (κ2) is 3.46. The summed E-state index contributed by atoms with van der Waals surface area (Å²) in [6.07, 6.45) is 1.07. The quantitative estimate of drug-likeness (QED) is 0.805. The largest absolute Gasteiger partial charge is 0.315 e. The van der Waals surface area contributed by atoms with E-state index in [0.29, 0.717) is 17.7 Å². The monoisotopic (exact) mass is 225 g/mol. The second-order valence-electron chi connectivity index (χ2n) is 4.83. The summed E-state index contributed by atoms with van der Waals surface area (Å²) in [7, 11) is 0. The Morgan fingerprint density at radius 3 is 2.69 bits per heavy atom. The molecule has 0 amide bonds. The minimum atomic E-state index is -0.621. The second-order valence-corrected chi connectivity index (χ2v) is 4.83. The highest BCUT2D eigenvalue weighted by atomic mass is 19.1. The van der Waals surface area contributed by atoms with E-state index in [1.807, 2.05) is 0 Å². The van der Waals surface area contributed by atoms with Crippen LogP contribution in [0.25, 0.3) is 0 Å². The lowest BCUT2D eigenvalue weighted by atomic mass is 9.74. The Morgan fingerprint density at radius 1 is 1.38 bits per heavy atom. The highest BCUT2D eigenvalue weighted by Gasteiger charge is 2.47. The zero-order chi connectivity index (χ0) is 11.2. The van der Waals surface area contributed by atoms with Crippen LogP contribution in [0.5, 0.6) is 0 Å². The average molecular weight is 225 g/mol. The van der Waals surface area contributed by atoms with Crippen LogP contribution in [0, 0.1) is 17.0 Å². The molecule has 0 unspecified atom stereocenters. The van der Waals surface area contributed by atoms with Gasteiger partial charge in [-0.25, -0.2) is 8.78 Å². The van der Waals surface area contributed by atoms with E-state index < -0.39 is 11.6 Å². The number of nitrogens with one attached hydrogen (secondary N) is 1. The van der Waals surface area contributed by atoms with Crippen molar-refractivity contribution in [3.63, 3.8) is 0 Å². The van der Waals surface area contributed by atoms with Gasteiger partial charge in [0.2, 0.25) is 0 Å². The Balaban J connectivity index is 1.62. The first-order valence-electron chi connectivity index (χ1n) is 5.40. The van der Waals surface area contributed by atoms with Gasteiger partial charge >= 0.3 is 0 Å². The fourth-order valence-corrected chi connectivity index (χ4v) is 2.49. The van der Waals surface area contributed by atoms with E-state index in [1.165, 1.54) is 0 Å². The summed E-state index contributed by atoms with van der Waals surface area (Å²) < 4.78 is 26.0. The maximum atomic E-state index is 13.3. The zero-order valence-electron chi connectivity index (χ0n) is 8.84. The number of rotatable bonds is 2. The first kappa shape index (κ1) is 10.1. The molecule has 2 aliphatic rings. The summed E-state index contributed by atoms with van der Waals surface area (Å²) in [5, 5.41) is 3.24. The molecule has 16 heavy (non-hydrogen) atoms. The maximum absolute atomic E-state index is 13.3. The number of pyridine rings is 1. The molecule has 1 aromatic rings. The molecular formula is C11H13F2N3. The normalized spacial score (nSPS) is 22.9. The van der Waals surface area contributed by atoms with Crippen molar-refractivity contribution >= 4 is 0 Å². The van der Waals surface area contributed by atoms with Crippen LogP contribution < -0.4 is 5.32 Å². The van der Waals surface area contributed by atoms with Crippen LogP contribution in [0.3, 0.4) is 0 Å². The molecule has 3 heterocycles. The number of nitrogens with zero attached hydrogens (tertiary/aromatic N) is 2. The van der Waals surface area contributed by atoms with Gasteiger partial charge in [0, 0.05) is 44.2 Å². The summed E-state index contributed by atoms with van der Waals surface area (Å²) in [6, 6.07) is 0.892. The first-order valence-corrected chi connectivity index (χ1v) is 5.40. The van der Waals surface area contributed by atoms with Crippen molar-refractivity contribution in [3.8, 4) is 0 Å². The molecular weight excluding hydrogens is 212 g/mol. The molecule has 2 fully saturated rings. The molecule has 0 aliphatic carbocycles. The SMILES string of the molecule is Fc1cnc(CN2CC3(CNC3)C2)c(F)c1. The van der Waals surface area contributed by atoms with E-state index in [1.54, 1.807) is 0 Å². The van der Waals surface area contributed by atoms with E-state index in [2.05, 4.69) is 15.2 Å². The van der Waals surface area contributed by atoms with Gasteiger partial charge < -0.3 is 5.32 Å². The molecule has 2 saturated heterocycles. The Labute approximate surface area is 92.5 Å². The molecule has 0 atom stereocenters. The third-order valence-electron chi connectivity index (χ3n) is 3.38. The Bertz CT molecular complexity index is 410. The summed E-state index contributed by atoms with van der Waals surface area (Å²) in [5.41, 5.74) is 0.764. The van der Waals surface area contributed by atoms with Gasteiger partial charge in [-0.3, -0.25) is 9.88 Å². The molecule has 86 valence electrons. The highest BCUT2D eigenvalue weighted by molar-refractivity contribution is 5.11. The van der Waals surface area contributed by atoms with Crippen LogP contribution in [0.15, 0.2) is 12.3 Å². The van der Waals surface area contributed by atoms with Crippen molar-refractivity contribution in [2.24, 2.45) is 5.41 Å². The third-order valence-corrected chi connectivity index (χ3v) is 3.38. The summed E-state index contributed by atoms with van der Waals surface area (Å²) >= 11 is 0. The predicted octanol–water partition coefficient (Wildman–Crippen LogP) is 0.765. The third kappa shape index (κ3) is 1.60. The lowest BCUT2D eigenvalue weighted by molar-refractivity contribution is -0.0456. The van der Waals surface area contributed by atoms with Gasteiger partial charge in [0.25, 0.3) is 0 Å². The van der Waals surface area contributed by atoms with Crippen molar-refractivity contribution in [2.75, 3.05) is 26.2 Å². The van der Waals surface area contributed by atoms with Gasteiger partial charge in [0.1, 0.15) is 11.6 Å². The predicted molar refractivity (Wildman–Crippen MR) is 54.7 cm³/mol. The summed E-state index contributed by atoms with van der Waals surface area (Å²) in [4.78, 5) is 5.93. The average Bonchev–Trinajstić information content (AvgIpc) is 2.10. The van der Waals surface area contributed by atoms with E-state index in [9.17, 15) is 8.78 Å². The van der Waals surface area contributed by atoms with Gasteiger partial charge in [0.15, 0.2) is 0 Å². The van der Waals surface area contributed by atoms with Crippen molar-refractivity contribution in [3.05, 3.63) is 29.6 Å². The lowest BCUT2D eigenvalue weighted by Crippen LogP contribution is -2.70. The molecule has 2 aliphatic heterocycles. The van der Waals surface area contributed by atoms with E-state index >= 15 is 0 Å². The van der Waals surface area contributed by atoms with Crippen LogP contribution in [0.2, 0.25) is 0 Å². The van der Waals surface area contributed by atoms with Crippen LogP contribution in [0.4, 0.5) is 8.78 Å². The summed E-state index contributed by atoms with van der Waals surface area (Å²) in [6.45, 7) is 4.57. The zero-order valence-corrected chi connectivity index (χ0v) is 8.84. The van der Waals surface area contributed by atoms with Gasteiger partial charge in [-0.15, -0.1) is 0 Å². The van der Waals surface area contributed by atoms with Crippen LogP contribution >= 0.6 is 0 Å². The van der Waals surface area contributed by atoms with Gasteiger partial charge in [-0.05, 0) is 0 Å². The molecule has 3 nitrogen and oxygen atoms in total. The Morgan fingerprint density at radius 2 is 2.12 bits per heavy atom. The first-order chi connectivity index (χ1) is 7.67. The van der Waals surface area contributed by atoms with E-state index in [-0.39, 0.29) is 0 Å². The number of halogens is 2. The molecule has 0 bridgehead atoms. The number of likely N-dealkylation sites (tertiary alicyclic amines) is 1. The highest BCUT2D eigenvalue weighted by Crippen LogP contribution is 2.34. The van der Waals surface area contributed by atoms with Gasteiger partial charge in [-0.2, -0.15) is 0 Å². The molecule has 0 saturated carbocycles. The number of hydrogen-bond acceptors (Lipinski definition) is 3.